The van der Waals surface area contributed by atoms with Crippen LogP contribution in [0.4, 0.5) is 0 Å². The van der Waals surface area contributed by atoms with E-state index in [-0.39, 0.29) is 5.54 Å². The molecule has 0 amide bonds. The van der Waals surface area contributed by atoms with Crippen LogP contribution in [0.1, 0.15) is 24.0 Å². The van der Waals surface area contributed by atoms with E-state index >= 15 is 0 Å². The fourth-order valence-electron chi connectivity index (χ4n) is 2.21. The van der Waals surface area contributed by atoms with E-state index in [4.69, 9.17) is 16.3 Å². The zero-order chi connectivity index (χ0) is 12.1. The molecule has 0 aliphatic carbocycles. The van der Waals surface area contributed by atoms with Crippen molar-refractivity contribution >= 4 is 11.6 Å². The van der Waals surface area contributed by atoms with Gasteiger partial charge in [0.05, 0.1) is 0 Å². The summed E-state index contributed by atoms with van der Waals surface area (Å²) in [5.74, 6) is 0.655. The molecular weight excluding hydrogens is 234 g/mol. The van der Waals surface area contributed by atoms with Crippen LogP contribution in [-0.4, -0.2) is 24.6 Å². The highest BCUT2D eigenvalue weighted by Crippen LogP contribution is 2.23. The second-order valence-electron chi connectivity index (χ2n) is 4.81. The molecular formula is C14H20ClNO. The molecule has 1 fully saturated rings. The maximum atomic E-state index is 6.13. The average molecular weight is 254 g/mol. The van der Waals surface area contributed by atoms with Crippen molar-refractivity contribution in [2.75, 3.05) is 19.1 Å². The first-order valence-electron chi connectivity index (χ1n) is 6.19. The summed E-state index contributed by atoms with van der Waals surface area (Å²) in [5, 5.41) is 3.63. The van der Waals surface area contributed by atoms with Crippen molar-refractivity contribution < 1.29 is 4.74 Å². The molecule has 3 heteroatoms. The molecule has 0 spiro atoms. The average Bonchev–Trinajstić information content (AvgIpc) is 2.39. The third-order valence-electron chi connectivity index (χ3n) is 3.62. The minimum absolute atomic E-state index is 0.0576. The minimum Gasteiger partial charge on any atom is -0.381 e. The molecule has 1 heterocycles. The highest BCUT2D eigenvalue weighted by molar-refractivity contribution is 6.18. The number of benzene rings is 1. The topological polar surface area (TPSA) is 21.3 Å². The first-order valence-corrected chi connectivity index (χ1v) is 6.72. The van der Waals surface area contributed by atoms with Crippen molar-refractivity contribution in [2.24, 2.45) is 0 Å². The normalized spacial score (nSPS) is 19.2. The Morgan fingerprint density at radius 2 is 2.00 bits per heavy atom. The summed E-state index contributed by atoms with van der Waals surface area (Å²) in [5.41, 5.74) is 2.74. The molecule has 0 saturated carbocycles. The van der Waals surface area contributed by atoms with Gasteiger partial charge in [0.15, 0.2) is 0 Å². The van der Waals surface area contributed by atoms with Gasteiger partial charge in [0.1, 0.15) is 0 Å². The van der Waals surface area contributed by atoms with Crippen molar-refractivity contribution in [1.29, 1.82) is 0 Å². The fourth-order valence-corrected chi connectivity index (χ4v) is 2.57. The second kappa shape index (κ2) is 5.85. The maximum absolute atomic E-state index is 6.13. The number of hydrogen-bond donors (Lipinski definition) is 1. The molecule has 1 aliphatic heterocycles. The van der Waals surface area contributed by atoms with Gasteiger partial charge < -0.3 is 10.1 Å². The molecule has 0 bridgehead atoms. The fraction of sp³-hybridized carbons (Fsp3) is 0.571. The number of nitrogens with one attached hydrogen (secondary N) is 1. The van der Waals surface area contributed by atoms with Gasteiger partial charge in [-0.25, -0.2) is 0 Å². The largest absolute Gasteiger partial charge is 0.381 e. The van der Waals surface area contributed by atoms with Crippen molar-refractivity contribution in [3.05, 3.63) is 35.4 Å². The van der Waals surface area contributed by atoms with E-state index in [1.807, 2.05) is 0 Å². The number of ether oxygens (including phenoxy) is 1. The molecule has 0 aromatic heterocycles. The van der Waals surface area contributed by atoms with Gasteiger partial charge in [-0.3, -0.25) is 0 Å². The Kier molecular flexibility index (Phi) is 4.43. The molecule has 0 atom stereocenters. The predicted octanol–water partition coefficient (Wildman–Crippen LogP) is 2.87. The van der Waals surface area contributed by atoms with E-state index in [0.29, 0.717) is 5.88 Å². The molecule has 2 nitrogen and oxygen atoms in total. The standard InChI is InChI=1S/C14H20ClNO/c1-12-4-2-3-5-13(12)10-16-14(11-15)6-8-17-9-7-14/h2-5,16H,6-11H2,1H3. The summed E-state index contributed by atoms with van der Waals surface area (Å²) in [4.78, 5) is 0. The molecule has 0 radical (unpaired) electrons. The minimum atomic E-state index is 0.0576. The number of rotatable bonds is 4. The molecule has 1 saturated heterocycles. The molecule has 94 valence electrons. The lowest BCUT2D eigenvalue weighted by atomic mass is 9.91. The quantitative estimate of drug-likeness (QED) is 0.834. The van der Waals surface area contributed by atoms with Crippen LogP contribution in [0.2, 0.25) is 0 Å². The van der Waals surface area contributed by atoms with Crippen LogP contribution in [0.15, 0.2) is 24.3 Å². The Morgan fingerprint density at radius 1 is 1.29 bits per heavy atom. The van der Waals surface area contributed by atoms with Gasteiger partial charge in [0.2, 0.25) is 0 Å². The van der Waals surface area contributed by atoms with Crippen molar-refractivity contribution in [1.82, 2.24) is 5.32 Å². The van der Waals surface area contributed by atoms with Crippen LogP contribution in [0.5, 0.6) is 0 Å². The Hall–Kier alpha value is -0.570. The first-order chi connectivity index (χ1) is 8.26. The van der Waals surface area contributed by atoms with E-state index in [0.717, 1.165) is 32.6 Å². The molecule has 2 rings (SSSR count). The summed E-state index contributed by atoms with van der Waals surface area (Å²) in [6, 6.07) is 8.48. The summed E-state index contributed by atoms with van der Waals surface area (Å²) < 4.78 is 5.40. The Morgan fingerprint density at radius 3 is 2.65 bits per heavy atom. The summed E-state index contributed by atoms with van der Waals surface area (Å²) in [7, 11) is 0. The van der Waals surface area contributed by atoms with Crippen molar-refractivity contribution in [2.45, 2.75) is 31.8 Å². The number of halogens is 1. The van der Waals surface area contributed by atoms with E-state index < -0.39 is 0 Å². The smallest absolute Gasteiger partial charge is 0.0484 e. The predicted molar refractivity (Wildman–Crippen MR) is 71.5 cm³/mol. The number of aryl methyl sites for hydroxylation is 1. The summed E-state index contributed by atoms with van der Waals surface area (Å²) >= 11 is 6.13. The van der Waals surface area contributed by atoms with Crippen LogP contribution >= 0.6 is 11.6 Å². The van der Waals surface area contributed by atoms with Crippen molar-refractivity contribution in [3.63, 3.8) is 0 Å². The lowest BCUT2D eigenvalue weighted by molar-refractivity contribution is 0.0459. The number of alkyl halides is 1. The lowest BCUT2D eigenvalue weighted by Gasteiger charge is -2.36. The molecule has 0 unspecified atom stereocenters. The first kappa shape index (κ1) is 12.9. The van der Waals surface area contributed by atoms with Crippen LogP contribution in [-0.2, 0) is 11.3 Å². The third-order valence-corrected chi connectivity index (χ3v) is 4.13. The van der Waals surface area contributed by atoms with Gasteiger partial charge in [-0.15, -0.1) is 11.6 Å². The van der Waals surface area contributed by atoms with Gasteiger partial charge >= 0.3 is 0 Å². The van der Waals surface area contributed by atoms with Gasteiger partial charge in [0, 0.05) is 31.2 Å². The molecule has 1 N–H and O–H groups in total. The van der Waals surface area contributed by atoms with E-state index in [1.165, 1.54) is 11.1 Å². The van der Waals surface area contributed by atoms with E-state index in [1.54, 1.807) is 0 Å². The van der Waals surface area contributed by atoms with Gasteiger partial charge in [0.25, 0.3) is 0 Å². The molecule has 17 heavy (non-hydrogen) atoms. The van der Waals surface area contributed by atoms with Crippen LogP contribution in [0, 0.1) is 6.92 Å². The van der Waals surface area contributed by atoms with Crippen LogP contribution in [0.3, 0.4) is 0 Å². The highest BCUT2D eigenvalue weighted by atomic mass is 35.5. The second-order valence-corrected chi connectivity index (χ2v) is 5.07. The maximum Gasteiger partial charge on any atom is 0.0484 e. The Balaban J connectivity index is 1.98. The monoisotopic (exact) mass is 253 g/mol. The third kappa shape index (κ3) is 3.21. The Labute approximate surface area is 108 Å². The molecule has 1 aliphatic rings. The van der Waals surface area contributed by atoms with Gasteiger partial charge in [-0.05, 0) is 30.9 Å². The van der Waals surface area contributed by atoms with E-state index in [9.17, 15) is 0 Å². The lowest BCUT2D eigenvalue weighted by Crippen LogP contribution is -2.50. The van der Waals surface area contributed by atoms with Gasteiger partial charge in [-0.1, -0.05) is 24.3 Å². The highest BCUT2D eigenvalue weighted by Gasteiger charge is 2.30. The van der Waals surface area contributed by atoms with Crippen LogP contribution < -0.4 is 5.32 Å². The molecule has 1 aromatic carbocycles. The van der Waals surface area contributed by atoms with Crippen molar-refractivity contribution in [3.8, 4) is 0 Å². The SMILES string of the molecule is Cc1ccccc1CNC1(CCl)CCOCC1. The molecule has 1 aromatic rings. The van der Waals surface area contributed by atoms with Crippen LogP contribution in [0.25, 0.3) is 0 Å². The Bertz CT molecular complexity index is 361. The summed E-state index contributed by atoms with van der Waals surface area (Å²) in [6.45, 7) is 4.66. The number of hydrogen-bond acceptors (Lipinski definition) is 2. The zero-order valence-electron chi connectivity index (χ0n) is 10.3. The van der Waals surface area contributed by atoms with E-state index in [2.05, 4.69) is 36.5 Å². The van der Waals surface area contributed by atoms with Gasteiger partial charge in [-0.2, -0.15) is 0 Å². The zero-order valence-corrected chi connectivity index (χ0v) is 11.1. The summed E-state index contributed by atoms with van der Waals surface area (Å²) in [6.07, 6.45) is 2.00.